The molecule has 5 rings (SSSR count). The molecule has 0 radical (unpaired) electrons. The van der Waals surface area contributed by atoms with Gasteiger partial charge in [0.2, 0.25) is 0 Å². The molecule has 200 valence electrons. The van der Waals surface area contributed by atoms with E-state index in [9.17, 15) is 9.90 Å². The second-order valence-electron chi connectivity index (χ2n) is 9.42. The number of hydrogen-bond donors (Lipinski definition) is 2. The molecule has 2 aromatic heterocycles. The van der Waals surface area contributed by atoms with E-state index in [0.717, 1.165) is 45.2 Å². The Balaban J connectivity index is 1.50. The fourth-order valence-electron chi connectivity index (χ4n) is 4.77. The summed E-state index contributed by atoms with van der Waals surface area (Å²) in [4.78, 5) is 20.1. The summed E-state index contributed by atoms with van der Waals surface area (Å²) in [6.07, 6.45) is 5.50. The number of benzene rings is 3. The van der Waals surface area contributed by atoms with Gasteiger partial charge in [-0.1, -0.05) is 42.5 Å². The van der Waals surface area contributed by atoms with Crippen LogP contribution >= 0.6 is 0 Å². The van der Waals surface area contributed by atoms with Crippen molar-refractivity contribution in [3.05, 3.63) is 113 Å². The second-order valence-corrected chi connectivity index (χ2v) is 9.42. The number of methoxy groups -OCH3 is 1. The molecule has 0 saturated carbocycles. The molecule has 0 aliphatic carbocycles. The Labute approximate surface area is 231 Å². The number of ether oxygens (including phenoxy) is 1. The lowest BCUT2D eigenvalue weighted by Gasteiger charge is -2.16. The Morgan fingerprint density at radius 3 is 2.52 bits per heavy atom. The van der Waals surface area contributed by atoms with Crippen LogP contribution < -0.4 is 10.1 Å². The molecule has 40 heavy (non-hydrogen) atoms. The normalized spacial score (nSPS) is 11.5. The van der Waals surface area contributed by atoms with Crippen LogP contribution in [-0.2, 0) is 6.61 Å². The predicted molar refractivity (Wildman–Crippen MR) is 157 cm³/mol. The van der Waals surface area contributed by atoms with Gasteiger partial charge in [0.05, 0.1) is 13.7 Å². The summed E-state index contributed by atoms with van der Waals surface area (Å²) in [5, 5.41) is 13.7. The number of carbonyl (C=O) groups excluding carboxylic acids is 1. The van der Waals surface area contributed by atoms with Gasteiger partial charge in [-0.25, -0.2) is 9.37 Å². The number of halogens is 1. The van der Waals surface area contributed by atoms with E-state index >= 15 is 4.39 Å². The van der Waals surface area contributed by atoms with Crippen molar-refractivity contribution in [1.29, 1.82) is 0 Å². The molecule has 0 atom stereocenters. The van der Waals surface area contributed by atoms with E-state index in [2.05, 4.69) is 15.3 Å². The number of nitrogens with zero attached hydrogens (tertiary/aromatic N) is 2. The maximum Gasteiger partial charge on any atom is 0.156 e. The first-order valence-electron chi connectivity index (χ1n) is 12.8. The number of pyridine rings is 2. The van der Waals surface area contributed by atoms with Crippen molar-refractivity contribution in [2.75, 3.05) is 12.4 Å². The van der Waals surface area contributed by atoms with Gasteiger partial charge in [0.25, 0.3) is 0 Å². The molecule has 0 spiro atoms. The number of aldehydes is 1. The van der Waals surface area contributed by atoms with Gasteiger partial charge in [-0.2, -0.15) is 0 Å². The van der Waals surface area contributed by atoms with Gasteiger partial charge < -0.3 is 15.2 Å². The van der Waals surface area contributed by atoms with Crippen LogP contribution in [0.1, 0.15) is 38.2 Å². The van der Waals surface area contributed by atoms with Crippen LogP contribution in [0.4, 0.5) is 15.9 Å². The Kier molecular flexibility index (Phi) is 7.66. The molecule has 2 heterocycles. The van der Waals surface area contributed by atoms with E-state index in [0.29, 0.717) is 33.8 Å². The summed E-state index contributed by atoms with van der Waals surface area (Å²) in [6.45, 7) is 3.82. The first-order chi connectivity index (χ1) is 19.4. The first-order valence-corrected chi connectivity index (χ1v) is 12.8. The number of rotatable bonds is 8. The molecule has 0 aliphatic rings. The molecule has 6 nitrogen and oxygen atoms in total. The lowest BCUT2D eigenvalue weighted by molar-refractivity contribution is 0.112. The van der Waals surface area contributed by atoms with Gasteiger partial charge >= 0.3 is 0 Å². The third-order valence-electron chi connectivity index (χ3n) is 7.02. The zero-order valence-electron chi connectivity index (χ0n) is 22.4. The maximum atomic E-state index is 15.3. The average Bonchev–Trinajstić information content (AvgIpc) is 2.98. The Hall–Kier alpha value is -4.88. The van der Waals surface area contributed by atoms with Crippen molar-refractivity contribution < 1.29 is 19.0 Å². The zero-order chi connectivity index (χ0) is 28.2. The molecular formula is C33H28FN3O3. The van der Waals surface area contributed by atoms with Crippen molar-refractivity contribution in [1.82, 2.24) is 9.97 Å². The largest absolute Gasteiger partial charge is 0.496 e. The summed E-state index contributed by atoms with van der Waals surface area (Å²) < 4.78 is 20.6. The minimum Gasteiger partial charge on any atom is -0.496 e. The highest BCUT2D eigenvalue weighted by atomic mass is 19.1. The topological polar surface area (TPSA) is 84.3 Å². The number of anilines is 2. The highest BCUT2D eigenvalue weighted by Crippen LogP contribution is 2.35. The van der Waals surface area contributed by atoms with Crippen LogP contribution in [0.25, 0.3) is 33.9 Å². The van der Waals surface area contributed by atoms with Crippen LogP contribution in [0.2, 0.25) is 0 Å². The van der Waals surface area contributed by atoms with E-state index in [1.54, 1.807) is 30.5 Å². The standard InChI is InChI=1S/C33H28FN3O3/c1-20-23(15-29(34)24-10-11-26(19-39)31(16-24)40-3)6-4-7-27(20)28-8-5-9-30(21(28)2)37-33-32-25(12-13-35-33)14-22(18-38)17-36-32/h4-18,39H,19H2,1-3H3,(H,35,37)/b29-15-. The summed E-state index contributed by atoms with van der Waals surface area (Å²) in [5.74, 6) is 0.629. The molecule has 5 aromatic rings. The van der Waals surface area contributed by atoms with E-state index in [4.69, 9.17) is 4.74 Å². The number of aliphatic hydroxyl groups is 1. The Bertz CT molecular complexity index is 1760. The first kappa shape index (κ1) is 26.7. The van der Waals surface area contributed by atoms with Crippen LogP contribution in [0.15, 0.2) is 79.1 Å². The minimum absolute atomic E-state index is 0.183. The monoisotopic (exact) mass is 533 g/mol. The summed E-state index contributed by atoms with van der Waals surface area (Å²) >= 11 is 0. The lowest BCUT2D eigenvalue weighted by Crippen LogP contribution is -2.00. The summed E-state index contributed by atoms with van der Waals surface area (Å²) in [5.41, 5.74) is 7.68. The molecule has 0 saturated heterocycles. The van der Waals surface area contributed by atoms with Crippen LogP contribution in [-0.4, -0.2) is 28.5 Å². The lowest BCUT2D eigenvalue weighted by atomic mass is 9.92. The number of nitrogens with one attached hydrogen (secondary N) is 1. The van der Waals surface area contributed by atoms with E-state index in [1.165, 1.54) is 19.4 Å². The zero-order valence-corrected chi connectivity index (χ0v) is 22.4. The summed E-state index contributed by atoms with van der Waals surface area (Å²) in [7, 11) is 1.50. The van der Waals surface area contributed by atoms with E-state index < -0.39 is 5.83 Å². The molecule has 0 amide bonds. The maximum absolute atomic E-state index is 15.3. The molecule has 0 fully saturated rings. The SMILES string of the molecule is COc1cc(/C(F)=C/c2cccc(-c3cccc(Nc4nccc5cc(C=O)cnc45)c3C)c2C)ccc1CO. The predicted octanol–water partition coefficient (Wildman–Crippen LogP) is 7.44. The smallest absolute Gasteiger partial charge is 0.156 e. The third kappa shape index (κ3) is 5.19. The molecule has 0 bridgehead atoms. The molecule has 3 aromatic carbocycles. The molecule has 7 heteroatoms. The quantitative estimate of drug-likeness (QED) is 0.159. The van der Waals surface area contributed by atoms with Gasteiger partial charge in [-0.05, 0) is 72.0 Å². The molecular weight excluding hydrogens is 505 g/mol. The highest BCUT2D eigenvalue weighted by molar-refractivity contribution is 5.93. The van der Waals surface area contributed by atoms with Crippen molar-refractivity contribution in [2.24, 2.45) is 0 Å². The number of aromatic nitrogens is 2. The number of hydrogen-bond acceptors (Lipinski definition) is 6. The summed E-state index contributed by atoms with van der Waals surface area (Å²) in [6, 6.07) is 20.3. The van der Waals surface area contributed by atoms with Gasteiger partial charge in [-0.3, -0.25) is 9.78 Å². The molecule has 0 aliphatic heterocycles. The number of carbonyl (C=O) groups is 1. The molecule has 0 unspecified atom stereocenters. The minimum atomic E-state index is -0.401. The van der Waals surface area contributed by atoms with Gasteiger partial charge in [0.15, 0.2) is 12.1 Å². The Morgan fingerprint density at radius 2 is 1.77 bits per heavy atom. The van der Waals surface area contributed by atoms with Crippen molar-refractivity contribution >= 4 is 40.6 Å². The van der Waals surface area contributed by atoms with Gasteiger partial charge in [-0.15, -0.1) is 0 Å². The Morgan fingerprint density at radius 1 is 1.00 bits per heavy atom. The fourth-order valence-corrected chi connectivity index (χ4v) is 4.77. The van der Waals surface area contributed by atoms with Crippen molar-refractivity contribution in [3.8, 4) is 16.9 Å². The third-order valence-corrected chi connectivity index (χ3v) is 7.02. The van der Waals surface area contributed by atoms with E-state index in [-0.39, 0.29) is 6.61 Å². The average molecular weight is 534 g/mol. The van der Waals surface area contributed by atoms with E-state index in [1.807, 2.05) is 56.3 Å². The van der Waals surface area contributed by atoms with Gasteiger partial charge in [0, 0.05) is 40.2 Å². The van der Waals surface area contributed by atoms with Crippen LogP contribution in [0, 0.1) is 13.8 Å². The van der Waals surface area contributed by atoms with Crippen LogP contribution in [0.5, 0.6) is 5.75 Å². The van der Waals surface area contributed by atoms with Crippen molar-refractivity contribution in [2.45, 2.75) is 20.5 Å². The highest BCUT2D eigenvalue weighted by Gasteiger charge is 2.14. The van der Waals surface area contributed by atoms with Gasteiger partial charge in [0.1, 0.15) is 17.1 Å². The van der Waals surface area contributed by atoms with Crippen molar-refractivity contribution in [3.63, 3.8) is 0 Å². The second kappa shape index (κ2) is 11.5. The number of fused-ring (bicyclic) bond motifs is 1. The van der Waals surface area contributed by atoms with Crippen LogP contribution in [0.3, 0.4) is 0 Å². The fraction of sp³-hybridized carbons (Fsp3) is 0.121. The number of aliphatic hydroxyl groups excluding tert-OH is 1. The molecule has 2 N–H and O–H groups in total.